The predicted octanol–water partition coefficient (Wildman–Crippen LogP) is 2.51. The standard InChI is InChI=1S/C16H20N2O2/c1-20-10-4-5-12(11(17)7-10)18-16(19)15-13-8-2-3-9(6-8)14(13)15/h4-5,7-9,13-15H,2-3,6,17H2,1H3,(H,18,19). The van der Waals surface area contributed by atoms with E-state index in [-0.39, 0.29) is 11.8 Å². The summed E-state index contributed by atoms with van der Waals surface area (Å²) in [4.78, 5) is 12.4. The first-order valence-corrected chi connectivity index (χ1v) is 7.43. The van der Waals surface area contributed by atoms with E-state index in [2.05, 4.69) is 5.32 Å². The normalized spacial score (nSPS) is 36.5. The van der Waals surface area contributed by atoms with Crippen molar-refractivity contribution < 1.29 is 9.53 Å². The molecule has 2 bridgehead atoms. The van der Waals surface area contributed by atoms with Gasteiger partial charge in [0.1, 0.15) is 5.75 Å². The van der Waals surface area contributed by atoms with Crippen LogP contribution in [0.2, 0.25) is 0 Å². The Balaban J connectivity index is 1.46. The molecule has 3 saturated carbocycles. The Kier molecular flexibility index (Phi) is 2.50. The summed E-state index contributed by atoms with van der Waals surface area (Å²) in [6.45, 7) is 0. The Morgan fingerprint density at radius 1 is 1.30 bits per heavy atom. The molecule has 4 atom stereocenters. The second-order valence-corrected chi connectivity index (χ2v) is 6.46. The molecule has 3 aliphatic carbocycles. The molecule has 4 heteroatoms. The molecule has 1 aromatic rings. The fourth-order valence-corrected chi connectivity index (χ4v) is 4.67. The molecule has 3 fully saturated rings. The average molecular weight is 272 g/mol. The molecular weight excluding hydrogens is 252 g/mol. The zero-order valence-electron chi connectivity index (χ0n) is 11.6. The van der Waals surface area contributed by atoms with Crippen molar-refractivity contribution in [3.05, 3.63) is 18.2 Å². The highest BCUT2D eigenvalue weighted by molar-refractivity contribution is 5.97. The van der Waals surface area contributed by atoms with E-state index in [9.17, 15) is 4.79 Å². The molecule has 106 valence electrons. The zero-order valence-corrected chi connectivity index (χ0v) is 11.6. The number of carbonyl (C=O) groups is 1. The van der Waals surface area contributed by atoms with Crippen molar-refractivity contribution in [3.8, 4) is 5.75 Å². The molecule has 1 aromatic carbocycles. The number of ether oxygens (including phenoxy) is 1. The van der Waals surface area contributed by atoms with Gasteiger partial charge in [-0.3, -0.25) is 4.79 Å². The lowest BCUT2D eigenvalue weighted by Gasteiger charge is -2.12. The van der Waals surface area contributed by atoms with E-state index in [0.717, 1.165) is 11.8 Å². The van der Waals surface area contributed by atoms with Gasteiger partial charge in [-0.25, -0.2) is 0 Å². The van der Waals surface area contributed by atoms with Gasteiger partial charge in [-0.2, -0.15) is 0 Å². The zero-order chi connectivity index (χ0) is 13.9. The lowest BCUT2D eigenvalue weighted by molar-refractivity contribution is -0.118. The molecule has 0 spiro atoms. The highest BCUT2D eigenvalue weighted by Crippen LogP contribution is 2.69. The number of nitrogen functional groups attached to an aromatic ring is 1. The maximum absolute atomic E-state index is 12.4. The summed E-state index contributed by atoms with van der Waals surface area (Å²) >= 11 is 0. The Morgan fingerprint density at radius 2 is 2.00 bits per heavy atom. The quantitative estimate of drug-likeness (QED) is 0.831. The van der Waals surface area contributed by atoms with Crippen molar-refractivity contribution in [2.45, 2.75) is 19.3 Å². The molecule has 0 heterocycles. The topological polar surface area (TPSA) is 64.3 Å². The van der Waals surface area contributed by atoms with Crippen molar-refractivity contribution in [2.24, 2.45) is 29.6 Å². The SMILES string of the molecule is COc1ccc(NC(=O)C2C3C4CCC(C4)C23)c(N)c1. The summed E-state index contributed by atoms with van der Waals surface area (Å²) in [5.74, 6) is 4.06. The number of hydrogen-bond donors (Lipinski definition) is 2. The van der Waals surface area contributed by atoms with Crippen LogP contribution >= 0.6 is 0 Å². The maximum atomic E-state index is 12.4. The third-order valence-corrected chi connectivity index (χ3v) is 5.55. The summed E-state index contributed by atoms with van der Waals surface area (Å²) in [6, 6.07) is 5.38. The molecule has 0 aromatic heterocycles. The number of amides is 1. The summed E-state index contributed by atoms with van der Waals surface area (Å²) < 4.78 is 5.12. The predicted molar refractivity (Wildman–Crippen MR) is 77.3 cm³/mol. The molecular formula is C16H20N2O2. The summed E-state index contributed by atoms with van der Waals surface area (Å²) in [5, 5.41) is 3.00. The van der Waals surface area contributed by atoms with E-state index < -0.39 is 0 Å². The fourth-order valence-electron chi connectivity index (χ4n) is 4.67. The number of methoxy groups -OCH3 is 1. The molecule has 4 unspecified atom stereocenters. The molecule has 0 radical (unpaired) electrons. The first kappa shape index (κ1) is 12.1. The number of fused-ring (bicyclic) bond motifs is 5. The molecule has 0 saturated heterocycles. The van der Waals surface area contributed by atoms with E-state index in [1.807, 2.05) is 12.1 Å². The Hall–Kier alpha value is -1.71. The van der Waals surface area contributed by atoms with Crippen LogP contribution in [0.15, 0.2) is 18.2 Å². The smallest absolute Gasteiger partial charge is 0.228 e. The van der Waals surface area contributed by atoms with E-state index >= 15 is 0 Å². The third-order valence-electron chi connectivity index (χ3n) is 5.55. The molecule has 0 aliphatic heterocycles. The molecule has 1 amide bonds. The van der Waals surface area contributed by atoms with Gasteiger partial charge in [0.05, 0.1) is 18.5 Å². The van der Waals surface area contributed by atoms with Crippen LogP contribution in [0.4, 0.5) is 11.4 Å². The van der Waals surface area contributed by atoms with Crippen LogP contribution in [-0.2, 0) is 4.79 Å². The van der Waals surface area contributed by atoms with E-state index in [1.54, 1.807) is 13.2 Å². The number of anilines is 2. The van der Waals surface area contributed by atoms with Crippen LogP contribution in [0.25, 0.3) is 0 Å². The van der Waals surface area contributed by atoms with Gasteiger partial charge >= 0.3 is 0 Å². The number of nitrogens with two attached hydrogens (primary N) is 1. The first-order chi connectivity index (χ1) is 9.69. The van der Waals surface area contributed by atoms with Crippen LogP contribution in [0.3, 0.4) is 0 Å². The highest BCUT2D eigenvalue weighted by atomic mass is 16.5. The first-order valence-electron chi connectivity index (χ1n) is 7.43. The number of nitrogens with one attached hydrogen (secondary N) is 1. The van der Waals surface area contributed by atoms with E-state index in [0.29, 0.717) is 29.0 Å². The van der Waals surface area contributed by atoms with Crippen molar-refractivity contribution in [2.75, 3.05) is 18.2 Å². The maximum Gasteiger partial charge on any atom is 0.228 e. The second-order valence-electron chi connectivity index (χ2n) is 6.46. The monoisotopic (exact) mass is 272 g/mol. The van der Waals surface area contributed by atoms with Crippen molar-refractivity contribution >= 4 is 17.3 Å². The van der Waals surface area contributed by atoms with Crippen molar-refractivity contribution in [1.82, 2.24) is 0 Å². The van der Waals surface area contributed by atoms with Crippen LogP contribution in [0.1, 0.15) is 19.3 Å². The second kappa shape index (κ2) is 4.14. The van der Waals surface area contributed by atoms with E-state index in [1.165, 1.54) is 19.3 Å². The van der Waals surface area contributed by atoms with Crippen LogP contribution in [-0.4, -0.2) is 13.0 Å². The Labute approximate surface area is 118 Å². The Morgan fingerprint density at radius 3 is 2.60 bits per heavy atom. The Bertz CT molecular complexity index is 556. The number of hydrogen-bond acceptors (Lipinski definition) is 3. The minimum Gasteiger partial charge on any atom is -0.497 e. The molecule has 3 N–H and O–H groups in total. The number of carbonyl (C=O) groups excluding carboxylic acids is 1. The van der Waals surface area contributed by atoms with Crippen molar-refractivity contribution in [3.63, 3.8) is 0 Å². The summed E-state index contributed by atoms with van der Waals surface area (Å²) in [7, 11) is 1.61. The van der Waals surface area contributed by atoms with Crippen LogP contribution in [0.5, 0.6) is 5.75 Å². The number of benzene rings is 1. The van der Waals surface area contributed by atoms with Gasteiger partial charge in [0.25, 0.3) is 0 Å². The van der Waals surface area contributed by atoms with Crippen molar-refractivity contribution in [1.29, 1.82) is 0 Å². The molecule has 4 rings (SSSR count). The van der Waals surface area contributed by atoms with E-state index in [4.69, 9.17) is 10.5 Å². The van der Waals surface area contributed by atoms with Gasteiger partial charge in [-0.1, -0.05) is 0 Å². The lowest BCUT2D eigenvalue weighted by atomic mass is 10.0. The molecule has 20 heavy (non-hydrogen) atoms. The minimum atomic E-state index is 0.161. The van der Waals surface area contributed by atoms with Gasteiger partial charge in [0.2, 0.25) is 5.91 Å². The molecule has 3 aliphatic rings. The van der Waals surface area contributed by atoms with Gasteiger partial charge in [0.15, 0.2) is 0 Å². The van der Waals surface area contributed by atoms with Gasteiger partial charge < -0.3 is 15.8 Å². The van der Waals surface area contributed by atoms with Crippen LogP contribution in [0, 0.1) is 29.6 Å². The van der Waals surface area contributed by atoms with Gasteiger partial charge in [0, 0.05) is 12.0 Å². The molecule has 4 nitrogen and oxygen atoms in total. The highest BCUT2D eigenvalue weighted by Gasteiger charge is 2.67. The summed E-state index contributed by atoms with van der Waals surface area (Å²) in [5.41, 5.74) is 7.22. The largest absolute Gasteiger partial charge is 0.497 e. The fraction of sp³-hybridized carbons (Fsp3) is 0.562. The van der Waals surface area contributed by atoms with Gasteiger partial charge in [-0.15, -0.1) is 0 Å². The lowest BCUT2D eigenvalue weighted by Crippen LogP contribution is -2.19. The van der Waals surface area contributed by atoms with Gasteiger partial charge in [-0.05, 0) is 55.1 Å². The number of rotatable bonds is 3. The van der Waals surface area contributed by atoms with Crippen LogP contribution < -0.4 is 15.8 Å². The summed E-state index contributed by atoms with van der Waals surface area (Å²) in [6.07, 6.45) is 4.03. The minimum absolute atomic E-state index is 0.161. The average Bonchev–Trinajstić information content (AvgIpc) is 2.90. The third kappa shape index (κ3) is 1.63.